The Kier molecular flexibility index (Phi) is 4.40. The molecule has 2 aromatic carbocycles. The first-order valence-corrected chi connectivity index (χ1v) is 7.90. The van der Waals surface area contributed by atoms with Gasteiger partial charge in [-0.1, -0.05) is 29.8 Å². The highest BCUT2D eigenvalue weighted by Crippen LogP contribution is 2.22. The second-order valence-electron chi connectivity index (χ2n) is 5.59. The zero-order chi connectivity index (χ0) is 17.3. The van der Waals surface area contributed by atoms with Crippen LogP contribution in [0.3, 0.4) is 0 Å². The Morgan fingerprint density at radius 1 is 1.08 bits per heavy atom. The van der Waals surface area contributed by atoms with Crippen LogP contribution in [0.15, 0.2) is 54.7 Å². The standard InChI is InChI=1S/C19H16ClNO3/c1-12(18(22)13-7-9-14(20)10-8-13)24-19(23)16-11-21(2)17-6-4-3-5-15(16)17/h3-12H,1-2H3. The molecule has 0 amide bonds. The number of halogens is 1. The van der Waals surface area contributed by atoms with Gasteiger partial charge in [0, 0.05) is 34.7 Å². The van der Waals surface area contributed by atoms with Crippen LogP contribution in [0.5, 0.6) is 0 Å². The van der Waals surface area contributed by atoms with Gasteiger partial charge in [0.15, 0.2) is 6.10 Å². The Labute approximate surface area is 144 Å². The molecule has 3 rings (SSSR count). The number of carbonyl (C=O) groups is 2. The predicted octanol–water partition coefficient (Wildman–Crippen LogP) is 4.26. The van der Waals surface area contributed by atoms with E-state index in [4.69, 9.17) is 16.3 Å². The summed E-state index contributed by atoms with van der Waals surface area (Å²) in [6.45, 7) is 1.57. The van der Waals surface area contributed by atoms with E-state index < -0.39 is 12.1 Å². The molecule has 5 heteroatoms. The molecule has 4 nitrogen and oxygen atoms in total. The molecular weight excluding hydrogens is 326 g/mol. The first-order chi connectivity index (χ1) is 11.5. The van der Waals surface area contributed by atoms with Crippen molar-refractivity contribution in [3.63, 3.8) is 0 Å². The van der Waals surface area contributed by atoms with Crippen molar-refractivity contribution < 1.29 is 14.3 Å². The normalized spacial score (nSPS) is 12.1. The SMILES string of the molecule is CC(OC(=O)c1cn(C)c2ccccc12)C(=O)c1ccc(Cl)cc1. The van der Waals surface area contributed by atoms with Crippen LogP contribution in [0.2, 0.25) is 5.02 Å². The molecule has 0 fully saturated rings. The molecule has 0 saturated carbocycles. The highest BCUT2D eigenvalue weighted by Gasteiger charge is 2.22. The molecule has 0 saturated heterocycles. The summed E-state index contributed by atoms with van der Waals surface area (Å²) in [5, 5.41) is 1.35. The molecule has 24 heavy (non-hydrogen) atoms. The number of carbonyl (C=O) groups excluding carboxylic acids is 2. The van der Waals surface area contributed by atoms with Gasteiger partial charge >= 0.3 is 5.97 Å². The van der Waals surface area contributed by atoms with Crippen molar-refractivity contribution in [1.82, 2.24) is 4.57 Å². The lowest BCUT2D eigenvalue weighted by molar-refractivity contribution is 0.0320. The summed E-state index contributed by atoms with van der Waals surface area (Å²) in [4.78, 5) is 24.8. The van der Waals surface area contributed by atoms with Gasteiger partial charge in [0.25, 0.3) is 0 Å². The van der Waals surface area contributed by atoms with Crippen molar-refractivity contribution in [1.29, 1.82) is 0 Å². The summed E-state index contributed by atoms with van der Waals surface area (Å²) >= 11 is 5.82. The molecule has 0 radical (unpaired) electrons. The maximum atomic E-state index is 12.5. The predicted molar refractivity (Wildman–Crippen MR) is 93.6 cm³/mol. The van der Waals surface area contributed by atoms with Gasteiger partial charge in [0.05, 0.1) is 5.56 Å². The zero-order valence-corrected chi connectivity index (χ0v) is 14.1. The molecule has 0 spiro atoms. The van der Waals surface area contributed by atoms with Gasteiger partial charge < -0.3 is 9.30 Å². The van der Waals surface area contributed by atoms with Crippen molar-refractivity contribution in [2.45, 2.75) is 13.0 Å². The van der Waals surface area contributed by atoms with Crippen LogP contribution < -0.4 is 0 Å². The smallest absolute Gasteiger partial charge is 0.341 e. The van der Waals surface area contributed by atoms with Crippen LogP contribution in [0.4, 0.5) is 0 Å². The van der Waals surface area contributed by atoms with Crippen LogP contribution in [0.25, 0.3) is 10.9 Å². The number of esters is 1. The summed E-state index contributed by atoms with van der Waals surface area (Å²) in [5.74, 6) is -0.776. The summed E-state index contributed by atoms with van der Waals surface area (Å²) in [6, 6.07) is 14.1. The lowest BCUT2D eigenvalue weighted by Gasteiger charge is -2.12. The molecule has 3 aromatic rings. The third-order valence-electron chi connectivity index (χ3n) is 3.90. The van der Waals surface area contributed by atoms with E-state index in [9.17, 15) is 9.59 Å². The third-order valence-corrected chi connectivity index (χ3v) is 4.15. The van der Waals surface area contributed by atoms with Gasteiger partial charge in [-0.2, -0.15) is 0 Å². The van der Waals surface area contributed by atoms with Crippen LogP contribution in [0.1, 0.15) is 27.6 Å². The van der Waals surface area contributed by atoms with Crippen LogP contribution in [-0.4, -0.2) is 22.4 Å². The van der Waals surface area contributed by atoms with E-state index in [1.807, 2.05) is 35.9 Å². The Bertz CT molecular complexity index is 912. The van der Waals surface area contributed by atoms with Gasteiger partial charge in [0.1, 0.15) is 0 Å². The molecule has 122 valence electrons. The molecule has 0 N–H and O–H groups in total. The maximum absolute atomic E-state index is 12.5. The number of fused-ring (bicyclic) bond motifs is 1. The number of ether oxygens (including phenoxy) is 1. The summed E-state index contributed by atoms with van der Waals surface area (Å²) in [7, 11) is 1.86. The van der Waals surface area contributed by atoms with E-state index in [-0.39, 0.29) is 5.78 Å². The third kappa shape index (κ3) is 3.05. The number of para-hydroxylation sites is 1. The Morgan fingerprint density at radius 2 is 1.75 bits per heavy atom. The van der Waals surface area contributed by atoms with Crippen LogP contribution in [0, 0.1) is 0 Å². The number of benzene rings is 2. The van der Waals surface area contributed by atoms with E-state index >= 15 is 0 Å². The number of aryl methyl sites for hydroxylation is 1. The average molecular weight is 342 g/mol. The molecule has 0 aliphatic carbocycles. The minimum atomic E-state index is -0.877. The fourth-order valence-corrected chi connectivity index (χ4v) is 2.76. The molecule has 0 aliphatic heterocycles. The second kappa shape index (κ2) is 6.49. The Hall–Kier alpha value is -2.59. The number of rotatable bonds is 4. The number of hydrogen-bond donors (Lipinski definition) is 0. The second-order valence-corrected chi connectivity index (χ2v) is 6.03. The molecular formula is C19H16ClNO3. The van der Waals surface area contributed by atoms with Gasteiger partial charge in [-0.05, 0) is 37.3 Å². The summed E-state index contributed by atoms with van der Waals surface area (Å²) < 4.78 is 7.23. The molecule has 1 heterocycles. The summed E-state index contributed by atoms with van der Waals surface area (Å²) in [6.07, 6.45) is 0.838. The highest BCUT2D eigenvalue weighted by molar-refractivity contribution is 6.30. The molecule has 1 aromatic heterocycles. The number of nitrogens with zero attached hydrogens (tertiary/aromatic N) is 1. The minimum absolute atomic E-state index is 0.264. The number of aromatic nitrogens is 1. The lowest BCUT2D eigenvalue weighted by atomic mass is 10.1. The average Bonchev–Trinajstić information content (AvgIpc) is 2.92. The van der Waals surface area contributed by atoms with Crippen molar-refractivity contribution in [3.8, 4) is 0 Å². The quantitative estimate of drug-likeness (QED) is 0.526. The molecule has 0 bridgehead atoms. The van der Waals surface area contributed by atoms with Crippen molar-refractivity contribution in [2.75, 3.05) is 0 Å². The molecule has 1 unspecified atom stereocenters. The van der Waals surface area contributed by atoms with E-state index in [0.29, 0.717) is 16.1 Å². The van der Waals surface area contributed by atoms with E-state index in [1.54, 1.807) is 37.4 Å². The van der Waals surface area contributed by atoms with Gasteiger partial charge in [0.2, 0.25) is 5.78 Å². The first-order valence-electron chi connectivity index (χ1n) is 7.52. The first kappa shape index (κ1) is 16.3. The number of Topliss-reactive ketones (excluding diaryl/α,β-unsaturated/α-hetero) is 1. The van der Waals surface area contributed by atoms with E-state index in [2.05, 4.69) is 0 Å². The van der Waals surface area contributed by atoms with Gasteiger partial charge in [-0.3, -0.25) is 4.79 Å². The number of hydrogen-bond acceptors (Lipinski definition) is 3. The fourth-order valence-electron chi connectivity index (χ4n) is 2.63. The lowest BCUT2D eigenvalue weighted by Crippen LogP contribution is -2.24. The largest absolute Gasteiger partial charge is 0.451 e. The topological polar surface area (TPSA) is 48.3 Å². The maximum Gasteiger partial charge on any atom is 0.341 e. The Morgan fingerprint density at radius 3 is 2.46 bits per heavy atom. The minimum Gasteiger partial charge on any atom is -0.451 e. The van der Waals surface area contributed by atoms with Gasteiger partial charge in [-0.15, -0.1) is 0 Å². The van der Waals surface area contributed by atoms with Crippen LogP contribution in [-0.2, 0) is 11.8 Å². The molecule has 0 aliphatic rings. The van der Waals surface area contributed by atoms with Crippen molar-refractivity contribution in [2.24, 2.45) is 7.05 Å². The van der Waals surface area contributed by atoms with Gasteiger partial charge in [-0.25, -0.2) is 4.79 Å². The zero-order valence-electron chi connectivity index (χ0n) is 13.3. The van der Waals surface area contributed by atoms with E-state index in [0.717, 1.165) is 10.9 Å². The van der Waals surface area contributed by atoms with E-state index in [1.165, 1.54) is 0 Å². The van der Waals surface area contributed by atoms with Crippen molar-refractivity contribution in [3.05, 3.63) is 70.9 Å². The fraction of sp³-hybridized carbons (Fsp3) is 0.158. The Balaban J connectivity index is 1.80. The summed E-state index contributed by atoms with van der Waals surface area (Å²) in [5.41, 5.74) is 1.84. The van der Waals surface area contributed by atoms with Crippen molar-refractivity contribution >= 4 is 34.3 Å². The highest BCUT2D eigenvalue weighted by atomic mass is 35.5. The van der Waals surface area contributed by atoms with Crippen LogP contribution >= 0.6 is 11.6 Å². The molecule has 1 atom stereocenters. The number of ketones is 1. The monoisotopic (exact) mass is 341 g/mol.